The summed E-state index contributed by atoms with van der Waals surface area (Å²) in [5, 5.41) is 0. The maximum Gasteiger partial charge on any atom is 0.417 e. The maximum atomic E-state index is 13.4. The molecule has 0 amide bonds. The highest BCUT2D eigenvalue weighted by Gasteiger charge is 2.36. The van der Waals surface area contributed by atoms with Crippen LogP contribution < -0.4 is 4.74 Å². The van der Waals surface area contributed by atoms with E-state index >= 15 is 0 Å². The van der Waals surface area contributed by atoms with Crippen molar-refractivity contribution in [3.8, 4) is 28.0 Å². The van der Waals surface area contributed by atoms with Gasteiger partial charge in [-0.25, -0.2) is 0 Å². The van der Waals surface area contributed by atoms with Crippen molar-refractivity contribution in [3.63, 3.8) is 0 Å². The van der Waals surface area contributed by atoms with Gasteiger partial charge < -0.3 is 4.74 Å². The predicted molar refractivity (Wildman–Crippen MR) is 91.7 cm³/mol. The van der Waals surface area contributed by atoms with Gasteiger partial charge in [0.15, 0.2) is 0 Å². The van der Waals surface area contributed by atoms with Gasteiger partial charge in [0.1, 0.15) is 5.75 Å². The van der Waals surface area contributed by atoms with E-state index in [1.807, 2.05) is 0 Å². The zero-order chi connectivity index (χ0) is 20.5. The van der Waals surface area contributed by atoms with Gasteiger partial charge in [0.05, 0.1) is 18.2 Å². The lowest BCUT2D eigenvalue weighted by Gasteiger charge is -2.19. The maximum absolute atomic E-state index is 13.4. The van der Waals surface area contributed by atoms with Crippen molar-refractivity contribution in [3.05, 3.63) is 72.1 Å². The van der Waals surface area contributed by atoms with E-state index in [-0.39, 0.29) is 28.0 Å². The Bertz CT molecular complexity index is 919. The lowest BCUT2D eigenvalue weighted by molar-refractivity contribution is -0.137. The molecule has 0 aliphatic rings. The molecule has 3 aromatic rings. The van der Waals surface area contributed by atoms with E-state index in [4.69, 9.17) is 4.74 Å². The Balaban J connectivity index is 2.30. The van der Waals surface area contributed by atoms with Crippen molar-refractivity contribution in [2.24, 2.45) is 0 Å². The highest BCUT2D eigenvalue weighted by Crippen LogP contribution is 2.45. The summed E-state index contributed by atoms with van der Waals surface area (Å²) >= 11 is 0. The number of benzene rings is 2. The molecule has 8 heteroatoms. The molecule has 0 fully saturated rings. The van der Waals surface area contributed by atoms with Gasteiger partial charge in [-0.2, -0.15) is 26.3 Å². The third-order valence-corrected chi connectivity index (χ3v) is 4.15. The van der Waals surface area contributed by atoms with E-state index < -0.39 is 23.5 Å². The van der Waals surface area contributed by atoms with Crippen LogP contribution in [0.3, 0.4) is 0 Å². The normalized spacial score (nSPS) is 12.1. The molecule has 0 radical (unpaired) electrons. The molecular formula is C20H13F6NO. The SMILES string of the molecule is COc1c(-c2ccccc2C(F)(F)F)cncc1-c1ccccc1C(F)(F)F. The second-order valence-corrected chi connectivity index (χ2v) is 5.85. The van der Waals surface area contributed by atoms with Crippen LogP contribution in [0, 0.1) is 0 Å². The number of rotatable bonds is 3. The van der Waals surface area contributed by atoms with E-state index in [9.17, 15) is 26.3 Å². The highest BCUT2D eigenvalue weighted by atomic mass is 19.4. The molecule has 0 saturated heterocycles. The number of pyridine rings is 1. The zero-order valence-electron chi connectivity index (χ0n) is 14.4. The van der Waals surface area contributed by atoms with Crippen molar-refractivity contribution >= 4 is 0 Å². The number of aromatic nitrogens is 1. The molecule has 0 aliphatic carbocycles. The molecule has 0 bridgehead atoms. The smallest absolute Gasteiger partial charge is 0.417 e. The van der Waals surface area contributed by atoms with Gasteiger partial charge in [0.25, 0.3) is 0 Å². The van der Waals surface area contributed by atoms with Crippen molar-refractivity contribution in [1.82, 2.24) is 4.98 Å². The molecule has 2 nitrogen and oxygen atoms in total. The van der Waals surface area contributed by atoms with Crippen molar-refractivity contribution in [1.29, 1.82) is 0 Å². The van der Waals surface area contributed by atoms with E-state index in [1.165, 1.54) is 43.5 Å². The molecule has 1 aromatic heterocycles. The number of alkyl halides is 6. The Labute approximate surface area is 156 Å². The Morgan fingerprint density at radius 2 is 1.04 bits per heavy atom. The molecule has 0 N–H and O–H groups in total. The monoisotopic (exact) mass is 397 g/mol. The van der Waals surface area contributed by atoms with Gasteiger partial charge in [-0.1, -0.05) is 36.4 Å². The van der Waals surface area contributed by atoms with Crippen LogP contribution >= 0.6 is 0 Å². The van der Waals surface area contributed by atoms with Crippen LogP contribution in [-0.4, -0.2) is 12.1 Å². The Morgan fingerprint density at radius 3 is 1.39 bits per heavy atom. The standard InChI is InChI=1S/C20H13F6NO/c1-28-18-14(12-6-2-4-8-16(12)19(21,22)23)10-27-11-15(18)13-7-3-5-9-17(13)20(24,25)26/h2-11H,1H3. The summed E-state index contributed by atoms with van der Waals surface area (Å²) in [6.45, 7) is 0. The molecule has 1 heterocycles. The minimum atomic E-state index is -4.65. The molecule has 0 unspecified atom stereocenters. The van der Waals surface area contributed by atoms with Gasteiger partial charge in [-0.05, 0) is 23.3 Å². The number of methoxy groups -OCH3 is 1. The van der Waals surface area contributed by atoms with Crippen LogP contribution in [0.25, 0.3) is 22.3 Å². The van der Waals surface area contributed by atoms with E-state index in [0.29, 0.717) is 0 Å². The fourth-order valence-electron chi connectivity index (χ4n) is 2.98. The number of halogens is 6. The summed E-state index contributed by atoms with van der Waals surface area (Å²) in [6.07, 6.45) is -7.02. The number of hydrogen-bond acceptors (Lipinski definition) is 2. The van der Waals surface area contributed by atoms with Crippen LogP contribution in [0.4, 0.5) is 26.3 Å². The van der Waals surface area contributed by atoms with Gasteiger partial charge in [-0.15, -0.1) is 0 Å². The van der Waals surface area contributed by atoms with Gasteiger partial charge in [-0.3, -0.25) is 4.98 Å². The minimum absolute atomic E-state index is 0.0510. The van der Waals surface area contributed by atoms with E-state index in [1.54, 1.807) is 0 Å². The molecule has 3 rings (SSSR count). The van der Waals surface area contributed by atoms with E-state index in [0.717, 1.165) is 24.5 Å². The van der Waals surface area contributed by atoms with Crippen LogP contribution in [0.15, 0.2) is 60.9 Å². The fraction of sp³-hybridized carbons (Fsp3) is 0.150. The van der Waals surface area contributed by atoms with Crippen LogP contribution in [-0.2, 0) is 12.4 Å². The molecule has 0 atom stereocenters. The lowest BCUT2D eigenvalue weighted by Crippen LogP contribution is -2.09. The molecule has 28 heavy (non-hydrogen) atoms. The predicted octanol–water partition coefficient (Wildman–Crippen LogP) is 6.46. The largest absolute Gasteiger partial charge is 0.495 e. The molecule has 2 aromatic carbocycles. The summed E-state index contributed by atoms with van der Waals surface area (Å²) in [4.78, 5) is 3.88. The number of ether oxygens (including phenoxy) is 1. The van der Waals surface area contributed by atoms with Gasteiger partial charge >= 0.3 is 12.4 Å². The third-order valence-electron chi connectivity index (χ3n) is 4.15. The molecular weight excluding hydrogens is 384 g/mol. The topological polar surface area (TPSA) is 22.1 Å². The Kier molecular flexibility index (Phi) is 5.06. The van der Waals surface area contributed by atoms with Crippen molar-refractivity contribution in [2.75, 3.05) is 7.11 Å². The molecule has 146 valence electrons. The van der Waals surface area contributed by atoms with Crippen LogP contribution in [0.2, 0.25) is 0 Å². The summed E-state index contributed by atoms with van der Waals surface area (Å²) in [5.74, 6) is -0.122. The highest BCUT2D eigenvalue weighted by molar-refractivity contribution is 5.84. The number of hydrogen-bond donors (Lipinski definition) is 0. The first kappa shape index (κ1) is 19.7. The second-order valence-electron chi connectivity index (χ2n) is 5.85. The summed E-state index contributed by atoms with van der Waals surface area (Å²) < 4.78 is 85.7. The summed E-state index contributed by atoms with van der Waals surface area (Å²) in [6, 6.07) is 9.50. The van der Waals surface area contributed by atoms with E-state index in [2.05, 4.69) is 4.98 Å². The lowest BCUT2D eigenvalue weighted by atomic mass is 9.94. The third kappa shape index (κ3) is 3.67. The van der Waals surface area contributed by atoms with Gasteiger partial charge in [0, 0.05) is 23.5 Å². The summed E-state index contributed by atoms with van der Waals surface area (Å²) in [7, 11) is 1.19. The molecule has 0 spiro atoms. The van der Waals surface area contributed by atoms with Gasteiger partial charge in [0.2, 0.25) is 0 Å². The Morgan fingerprint density at radius 1 is 0.643 bits per heavy atom. The average molecular weight is 397 g/mol. The van der Waals surface area contributed by atoms with Crippen LogP contribution in [0.5, 0.6) is 5.75 Å². The zero-order valence-corrected chi connectivity index (χ0v) is 14.4. The first-order valence-electron chi connectivity index (χ1n) is 7.99. The first-order valence-corrected chi connectivity index (χ1v) is 7.99. The quantitative estimate of drug-likeness (QED) is 0.473. The fourth-order valence-corrected chi connectivity index (χ4v) is 2.98. The van der Waals surface area contributed by atoms with Crippen LogP contribution in [0.1, 0.15) is 11.1 Å². The second kappa shape index (κ2) is 7.18. The number of nitrogens with zero attached hydrogens (tertiary/aromatic N) is 1. The van der Waals surface area contributed by atoms with Crippen molar-refractivity contribution < 1.29 is 31.1 Å². The summed E-state index contributed by atoms with van der Waals surface area (Å²) in [5.41, 5.74) is -2.43. The van der Waals surface area contributed by atoms with Crippen molar-refractivity contribution in [2.45, 2.75) is 12.4 Å². The minimum Gasteiger partial charge on any atom is -0.495 e. The molecule has 0 saturated carbocycles. The average Bonchev–Trinajstić information content (AvgIpc) is 2.66. The molecule has 0 aliphatic heterocycles. The Hall–Kier alpha value is -3.03. The first-order chi connectivity index (χ1) is 13.1.